The van der Waals surface area contributed by atoms with Gasteiger partial charge in [-0.15, -0.1) is 0 Å². The fraction of sp³-hybridized carbons (Fsp3) is 0.211. The molecule has 0 radical (unpaired) electrons. The molecule has 9 nitrogen and oxygen atoms in total. The van der Waals surface area contributed by atoms with Crippen LogP contribution >= 0.6 is 11.6 Å². The number of nitro benzene ring substituents is 1. The monoisotopic (exact) mass is 419 g/mol. The number of benzene rings is 2. The van der Waals surface area contributed by atoms with E-state index < -0.39 is 22.5 Å². The van der Waals surface area contributed by atoms with Crippen molar-refractivity contribution in [3.8, 4) is 0 Å². The van der Waals surface area contributed by atoms with E-state index in [1.54, 1.807) is 0 Å². The SMILES string of the molecule is CCCNC(=O)c1ccc(NC(=O)c2cc(C(=O)OC)cc([N+](=O)[O-])c2)cc1Cl. The Hall–Kier alpha value is -3.46. The van der Waals surface area contributed by atoms with Crippen LogP contribution in [0.1, 0.15) is 44.4 Å². The minimum atomic E-state index is -0.812. The molecule has 0 aliphatic rings. The number of halogens is 1. The van der Waals surface area contributed by atoms with Crippen molar-refractivity contribution in [3.05, 3.63) is 68.2 Å². The van der Waals surface area contributed by atoms with Crippen molar-refractivity contribution in [2.75, 3.05) is 19.0 Å². The van der Waals surface area contributed by atoms with Crippen LogP contribution in [0.3, 0.4) is 0 Å². The zero-order chi connectivity index (χ0) is 21.6. The number of hydrogen-bond donors (Lipinski definition) is 2. The Balaban J connectivity index is 2.27. The van der Waals surface area contributed by atoms with Gasteiger partial charge in [-0.2, -0.15) is 0 Å². The number of esters is 1. The smallest absolute Gasteiger partial charge is 0.338 e. The number of nitrogens with zero attached hydrogens (tertiary/aromatic N) is 1. The molecule has 0 fully saturated rings. The van der Waals surface area contributed by atoms with Crippen molar-refractivity contribution in [2.24, 2.45) is 0 Å². The lowest BCUT2D eigenvalue weighted by atomic mass is 10.1. The molecule has 0 spiro atoms. The molecule has 0 saturated heterocycles. The molecule has 0 aromatic heterocycles. The van der Waals surface area contributed by atoms with E-state index in [-0.39, 0.29) is 33.3 Å². The number of carbonyl (C=O) groups is 3. The lowest BCUT2D eigenvalue weighted by molar-refractivity contribution is -0.384. The second-order valence-corrected chi connectivity index (χ2v) is 6.33. The zero-order valence-corrected chi connectivity index (χ0v) is 16.4. The van der Waals surface area contributed by atoms with Gasteiger partial charge in [-0.1, -0.05) is 18.5 Å². The summed E-state index contributed by atoms with van der Waals surface area (Å²) < 4.78 is 4.55. The fourth-order valence-corrected chi connectivity index (χ4v) is 2.66. The molecule has 152 valence electrons. The summed E-state index contributed by atoms with van der Waals surface area (Å²) in [6.45, 7) is 2.42. The molecular formula is C19H18ClN3O6. The molecule has 0 aliphatic heterocycles. The van der Waals surface area contributed by atoms with E-state index in [1.165, 1.54) is 24.3 Å². The zero-order valence-electron chi connectivity index (χ0n) is 15.7. The number of hydrogen-bond acceptors (Lipinski definition) is 6. The van der Waals surface area contributed by atoms with Crippen LogP contribution < -0.4 is 10.6 Å². The minimum Gasteiger partial charge on any atom is -0.465 e. The van der Waals surface area contributed by atoms with E-state index in [9.17, 15) is 24.5 Å². The molecule has 0 bridgehead atoms. The third-order valence-corrected chi connectivity index (χ3v) is 4.13. The van der Waals surface area contributed by atoms with E-state index in [4.69, 9.17) is 11.6 Å². The predicted octanol–water partition coefficient (Wildman–Crippen LogP) is 3.43. The first-order valence-corrected chi connectivity index (χ1v) is 8.91. The first-order valence-electron chi connectivity index (χ1n) is 8.53. The van der Waals surface area contributed by atoms with Crippen molar-refractivity contribution in [2.45, 2.75) is 13.3 Å². The first-order chi connectivity index (χ1) is 13.8. The molecule has 0 saturated carbocycles. The molecule has 29 heavy (non-hydrogen) atoms. The fourth-order valence-electron chi connectivity index (χ4n) is 2.40. The van der Waals surface area contributed by atoms with Crippen LogP contribution in [0, 0.1) is 10.1 Å². The number of nitrogens with one attached hydrogen (secondary N) is 2. The van der Waals surface area contributed by atoms with Gasteiger partial charge in [-0.25, -0.2) is 4.79 Å². The summed E-state index contributed by atoms with van der Waals surface area (Å²) >= 11 is 6.12. The summed E-state index contributed by atoms with van der Waals surface area (Å²) in [4.78, 5) is 46.6. The molecule has 0 heterocycles. The van der Waals surface area contributed by atoms with Gasteiger partial charge in [-0.3, -0.25) is 19.7 Å². The molecule has 2 amide bonds. The molecule has 10 heteroatoms. The van der Waals surface area contributed by atoms with E-state index in [0.29, 0.717) is 6.54 Å². The topological polar surface area (TPSA) is 128 Å². The molecule has 0 atom stereocenters. The third kappa shape index (κ3) is 5.52. The average Bonchev–Trinajstić information content (AvgIpc) is 2.70. The Morgan fingerprint density at radius 3 is 2.38 bits per heavy atom. The van der Waals surface area contributed by atoms with E-state index in [2.05, 4.69) is 15.4 Å². The molecule has 0 aliphatic carbocycles. The molecule has 2 aromatic rings. The Bertz CT molecular complexity index is 976. The number of non-ortho nitro benzene ring substituents is 1. The van der Waals surface area contributed by atoms with Crippen molar-refractivity contribution in [3.63, 3.8) is 0 Å². The third-order valence-electron chi connectivity index (χ3n) is 3.82. The van der Waals surface area contributed by atoms with Gasteiger partial charge in [0.2, 0.25) is 0 Å². The summed E-state index contributed by atoms with van der Waals surface area (Å²) in [6, 6.07) is 7.56. The maximum atomic E-state index is 12.5. The van der Waals surface area contributed by atoms with Crippen LogP contribution in [-0.4, -0.2) is 36.4 Å². The van der Waals surface area contributed by atoms with Gasteiger partial charge in [0.1, 0.15) is 0 Å². The maximum Gasteiger partial charge on any atom is 0.338 e. The lowest BCUT2D eigenvalue weighted by Gasteiger charge is -2.10. The molecule has 2 N–H and O–H groups in total. The molecule has 0 unspecified atom stereocenters. The largest absolute Gasteiger partial charge is 0.465 e. The summed E-state index contributed by atoms with van der Waals surface area (Å²) in [5.74, 6) is -1.84. The summed E-state index contributed by atoms with van der Waals surface area (Å²) in [5.41, 5.74) is -0.146. The number of carbonyl (C=O) groups excluding carboxylic acids is 3. The lowest BCUT2D eigenvalue weighted by Crippen LogP contribution is -2.24. The molecular weight excluding hydrogens is 402 g/mol. The maximum absolute atomic E-state index is 12.5. The highest BCUT2D eigenvalue weighted by atomic mass is 35.5. The number of rotatable bonds is 7. The molecule has 2 rings (SSSR count). The van der Waals surface area contributed by atoms with Gasteiger partial charge in [0, 0.05) is 29.9 Å². The Morgan fingerprint density at radius 1 is 1.10 bits per heavy atom. The van der Waals surface area contributed by atoms with Crippen LogP contribution in [-0.2, 0) is 4.74 Å². The van der Waals surface area contributed by atoms with Gasteiger partial charge in [-0.05, 0) is 30.7 Å². The van der Waals surface area contributed by atoms with Crippen LogP contribution in [0.2, 0.25) is 5.02 Å². The highest BCUT2D eigenvalue weighted by Gasteiger charge is 2.19. The number of anilines is 1. The Labute approximate surface area is 171 Å². The van der Waals surface area contributed by atoms with Gasteiger partial charge in [0.05, 0.1) is 28.2 Å². The number of ether oxygens (including phenoxy) is 1. The second kappa shape index (κ2) is 9.65. The second-order valence-electron chi connectivity index (χ2n) is 5.92. The van der Waals surface area contributed by atoms with Crippen molar-refractivity contribution < 1.29 is 24.0 Å². The van der Waals surface area contributed by atoms with E-state index >= 15 is 0 Å². The van der Waals surface area contributed by atoms with Gasteiger partial charge in [0.15, 0.2) is 0 Å². The Morgan fingerprint density at radius 2 is 1.79 bits per heavy atom. The minimum absolute atomic E-state index is 0.111. The standard InChI is InChI=1S/C19H18ClN3O6/c1-3-6-21-18(25)15-5-4-13(10-16(15)20)22-17(24)11-7-12(19(26)29-2)9-14(8-11)23(27)28/h4-5,7-10H,3,6H2,1-2H3,(H,21,25)(H,22,24). The summed E-state index contributed by atoms with van der Waals surface area (Å²) in [5, 5.41) is 16.4. The number of amides is 2. The highest BCUT2D eigenvalue weighted by molar-refractivity contribution is 6.34. The predicted molar refractivity (Wildman–Crippen MR) is 106 cm³/mol. The number of nitro groups is 1. The van der Waals surface area contributed by atoms with Gasteiger partial charge >= 0.3 is 5.97 Å². The van der Waals surface area contributed by atoms with Crippen molar-refractivity contribution >= 4 is 40.8 Å². The van der Waals surface area contributed by atoms with Crippen molar-refractivity contribution in [1.29, 1.82) is 0 Å². The van der Waals surface area contributed by atoms with Gasteiger partial charge < -0.3 is 15.4 Å². The Kier molecular flexibility index (Phi) is 7.27. The molecule has 2 aromatic carbocycles. The highest BCUT2D eigenvalue weighted by Crippen LogP contribution is 2.23. The van der Waals surface area contributed by atoms with E-state index in [1.807, 2.05) is 6.92 Å². The summed E-state index contributed by atoms with van der Waals surface area (Å²) in [6.07, 6.45) is 0.772. The van der Waals surface area contributed by atoms with Gasteiger partial charge in [0.25, 0.3) is 17.5 Å². The quantitative estimate of drug-likeness (QED) is 0.402. The van der Waals surface area contributed by atoms with Crippen LogP contribution in [0.15, 0.2) is 36.4 Å². The van der Waals surface area contributed by atoms with E-state index in [0.717, 1.165) is 25.7 Å². The number of methoxy groups -OCH3 is 1. The first kappa shape index (κ1) is 21.8. The average molecular weight is 420 g/mol. The van der Waals surface area contributed by atoms with Crippen LogP contribution in [0.25, 0.3) is 0 Å². The normalized spacial score (nSPS) is 10.2. The van der Waals surface area contributed by atoms with Crippen LogP contribution in [0.5, 0.6) is 0 Å². The summed E-state index contributed by atoms with van der Waals surface area (Å²) in [7, 11) is 1.13. The van der Waals surface area contributed by atoms with Crippen LogP contribution in [0.4, 0.5) is 11.4 Å². The van der Waals surface area contributed by atoms with Crippen molar-refractivity contribution in [1.82, 2.24) is 5.32 Å².